The van der Waals surface area contributed by atoms with Gasteiger partial charge in [-0.15, -0.1) is 26.3 Å². The topological polar surface area (TPSA) is 308 Å². The third-order valence-electron chi connectivity index (χ3n) is 26.0. The van der Waals surface area contributed by atoms with E-state index in [9.17, 15) is 30.7 Å². The van der Waals surface area contributed by atoms with Gasteiger partial charge in [-0.2, -0.15) is 86.6 Å². The zero-order valence-electron chi connectivity index (χ0n) is 79.1. The predicted molar refractivity (Wildman–Crippen MR) is 568 cm³/mol. The zero-order valence-corrected chi connectivity index (χ0v) is 83.2. The van der Waals surface area contributed by atoms with E-state index in [0.29, 0.717) is 87.9 Å². The van der Waals surface area contributed by atoms with Gasteiger partial charge in [-0.25, -0.2) is 29.9 Å². The van der Waals surface area contributed by atoms with Crippen molar-refractivity contribution in [3.8, 4) is 101 Å². The summed E-state index contributed by atoms with van der Waals surface area (Å²) in [6.07, 6.45) is 0.613. The van der Waals surface area contributed by atoms with Gasteiger partial charge in [0.25, 0.3) is 0 Å². The highest BCUT2D eigenvalue weighted by Crippen LogP contribution is 2.47. The van der Waals surface area contributed by atoms with Gasteiger partial charge in [-0.05, 0) is 270 Å². The fraction of sp³-hybridized carbons (Fsp3) is 0.240. The molecule has 7 N–H and O–H groups in total. The van der Waals surface area contributed by atoms with Crippen LogP contribution < -0.4 is 44.6 Å². The Labute approximate surface area is 852 Å². The average molecular weight is 2070 g/mol. The van der Waals surface area contributed by atoms with E-state index < -0.39 is 18.7 Å². The molecule has 146 heavy (non-hydrogen) atoms. The maximum absolute atomic E-state index is 14.8. The Hall–Kier alpha value is -14.9. The largest absolute Gasteiger partial charge is 0.573 e. The number of piperazine rings is 3. The van der Waals surface area contributed by atoms with Gasteiger partial charge in [0.15, 0.2) is 28.2 Å². The highest BCUT2D eigenvalue weighted by Gasteiger charge is 2.36. The van der Waals surface area contributed by atoms with Crippen LogP contribution in [0.1, 0.15) is 0 Å². The first-order chi connectivity index (χ1) is 71.2. The summed E-state index contributed by atoms with van der Waals surface area (Å²) in [6, 6.07) is 48.3. The third kappa shape index (κ3) is 22.0. The minimum Gasteiger partial charge on any atom is -0.405 e. The lowest BCUT2D eigenvalue weighted by atomic mass is 10.0. The summed E-state index contributed by atoms with van der Waals surface area (Å²) in [7, 11) is 6.35. The number of anilines is 9. The van der Waals surface area contributed by atoms with Crippen LogP contribution in [-0.2, 0) is 9.47 Å². The number of pyridine rings is 6. The van der Waals surface area contributed by atoms with E-state index in [1.807, 2.05) is 87.7 Å². The fourth-order valence-electron chi connectivity index (χ4n) is 18.5. The predicted octanol–water partition coefficient (Wildman–Crippen LogP) is 22.2. The first kappa shape index (κ1) is 97.2. The van der Waals surface area contributed by atoms with Gasteiger partial charge in [0.2, 0.25) is 5.95 Å². The molecule has 5 fully saturated rings. The second-order valence-corrected chi connectivity index (χ2v) is 39.1. The van der Waals surface area contributed by atoms with Crippen molar-refractivity contribution in [2.45, 2.75) is 12.7 Å². The maximum atomic E-state index is 14.8. The van der Waals surface area contributed by atoms with Gasteiger partial charge < -0.3 is 68.8 Å². The van der Waals surface area contributed by atoms with Crippen molar-refractivity contribution in [2.24, 2.45) is 0 Å². The number of aromatic nitrogens is 16. The number of hydrogen-bond acceptors (Lipinski definition) is 30. The van der Waals surface area contributed by atoms with Crippen molar-refractivity contribution in [1.29, 1.82) is 0 Å². The monoisotopic (exact) mass is 2070 g/mol. The van der Waals surface area contributed by atoms with Gasteiger partial charge >= 0.3 is 12.7 Å². The lowest BCUT2D eigenvalue weighted by molar-refractivity contribution is -0.275. The quantitative estimate of drug-likeness (QED) is 0.0292. The van der Waals surface area contributed by atoms with Crippen LogP contribution in [0.2, 0.25) is 0 Å². The molecule has 0 bridgehead atoms. The Bertz CT molecular complexity index is 7800. The van der Waals surface area contributed by atoms with Crippen LogP contribution in [-0.4, -0.2) is 261 Å². The summed E-state index contributed by atoms with van der Waals surface area (Å²) in [6.45, 7) is 17.2. The minimum atomic E-state index is -4.82. The smallest absolute Gasteiger partial charge is 0.405 e. The van der Waals surface area contributed by atoms with E-state index in [0.717, 1.165) is 211 Å². The molecule has 0 spiro atoms. The van der Waals surface area contributed by atoms with Crippen LogP contribution in [0.4, 0.5) is 82.2 Å². The molecule has 16 aromatic heterocycles. The summed E-state index contributed by atoms with van der Waals surface area (Å²) in [5.74, 6) is 0.651. The van der Waals surface area contributed by atoms with Crippen LogP contribution in [0.25, 0.3) is 145 Å². The summed E-state index contributed by atoms with van der Waals surface area (Å²) in [5, 5.41) is 68.2. The molecule has 0 saturated carbocycles. The van der Waals surface area contributed by atoms with Crippen molar-refractivity contribution >= 4 is 163 Å². The fourth-order valence-corrected chi connectivity index (χ4v) is 21.8. The van der Waals surface area contributed by atoms with Crippen LogP contribution in [0.5, 0.6) is 11.5 Å². The minimum absolute atomic E-state index is 0.272. The molecule has 5 saturated heterocycles. The molecule has 0 radical (unpaired) electrons. The number of aromatic amines is 5. The van der Waals surface area contributed by atoms with E-state index in [1.54, 1.807) is 101 Å². The Morgan fingerprint density at radius 2 is 0.603 bits per heavy atom. The molecule has 5 aliphatic heterocycles. The number of hydrogen-bond donors (Lipinski definition) is 7. The molecule has 0 unspecified atom stereocenters. The summed E-state index contributed by atoms with van der Waals surface area (Å²) >= 11 is 8.08. The highest BCUT2D eigenvalue weighted by molar-refractivity contribution is 7.09. The first-order valence-corrected chi connectivity index (χ1v) is 51.9. The van der Waals surface area contributed by atoms with Crippen molar-refractivity contribution < 1.29 is 49.7 Å². The van der Waals surface area contributed by atoms with Crippen molar-refractivity contribution in [3.63, 3.8) is 0 Å². The lowest BCUT2D eigenvalue weighted by Crippen LogP contribution is -2.44. The molecule has 21 heterocycles. The van der Waals surface area contributed by atoms with Crippen molar-refractivity contribution in [1.82, 2.24) is 95.6 Å². The van der Waals surface area contributed by atoms with Gasteiger partial charge in [0, 0.05) is 181 Å². The van der Waals surface area contributed by atoms with Gasteiger partial charge in [0.1, 0.15) is 23.1 Å². The number of morpholine rings is 2. The number of thiophene rings is 5. The van der Waals surface area contributed by atoms with Crippen LogP contribution in [0, 0.1) is 5.95 Å². The SMILES string of the molecule is CN1CCN(c2ccc(OC(F)(F)F)c(-c3[nH]nc4nccc(-c5ccsc5)c34)c2)CC1.CN1CCN(c2cccc(Nc3[nH]nc4nccc(-c5ccsc5)c34)c2)CC1.CN1CCN(c2cnc(F)c(-c3[nH]nc4nccc(-c5ccsc5)c34)c2)CC1.FC(F)(F)Oc1ccc(N2CCOCC2)cc1-c1[nH]nc2nccc(-c3ccsc3)c12.c1cc(Nc2[nH]nc3nccc(-c4ccsc4)c23)cc(N2CCOCC2)c1. The molecule has 42 heteroatoms. The van der Waals surface area contributed by atoms with E-state index in [4.69, 9.17) is 9.47 Å². The van der Waals surface area contributed by atoms with Crippen LogP contribution in [0.15, 0.2) is 243 Å². The lowest BCUT2D eigenvalue weighted by Gasteiger charge is -2.34. The number of fused-ring (bicyclic) bond motifs is 5. The Morgan fingerprint density at radius 1 is 0.308 bits per heavy atom. The van der Waals surface area contributed by atoms with Crippen molar-refractivity contribution in [3.05, 3.63) is 249 Å². The molecular weight excluding hydrogens is 1970 g/mol. The van der Waals surface area contributed by atoms with E-state index in [2.05, 4.69) is 249 Å². The molecular formula is C104H97F7N26O4S5. The maximum Gasteiger partial charge on any atom is 0.573 e. The molecule has 4 aromatic carbocycles. The molecule has 0 atom stereocenters. The number of halogens is 7. The van der Waals surface area contributed by atoms with Crippen LogP contribution >= 0.6 is 56.7 Å². The van der Waals surface area contributed by atoms with Gasteiger partial charge in [-0.3, -0.25) is 25.5 Å². The number of likely N-dealkylation sites (N-methyl/N-ethyl adjacent to an activating group) is 3. The molecule has 30 nitrogen and oxygen atoms in total. The van der Waals surface area contributed by atoms with Crippen LogP contribution in [0.3, 0.4) is 0 Å². The number of alkyl halides is 6. The number of ether oxygens (including phenoxy) is 4. The number of nitrogens with one attached hydrogen (secondary N) is 7. The van der Waals surface area contributed by atoms with E-state index in [1.165, 1.54) is 46.0 Å². The number of nitrogens with zero attached hydrogens (tertiary/aromatic N) is 19. The highest BCUT2D eigenvalue weighted by atomic mass is 32.1. The third-order valence-corrected chi connectivity index (χ3v) is 29.4. The molecule has 25 rings (SSSR count). The average Bonchev–Trinajstić information content (AvgIpc) is 1.60. The second kappa shape index (κ2) is 43.6. The second-order valence-electron chi connectivity index (χ2n) is 35.2. The number of H-pyrrole nitrogens is 5. The molecule has 0 amide bonds. The normalized spacial score (nSPS) is 15.1. The Morgan fingerprint density at radius 3 is 0.932 bits per heavy atom. The standard InChI is InChI=1S/C22H20F3N5OS.C21H17F3N4O2S.C21H22N6S.C20H19FN6S.C20H19N5OS/c1-29-7-9-30(10-8-29)15-2-3-18(31-22(23,24)25)17(12-15)20-19-16(14-5-11-32-13-14)4-6-26-21(19)28-27-20;22-21(23,24)30-17-2-1-14(28-6-8-29-9-7-28)11-16(17)19-18-15(13-4-10-31-12-13)3-5-25-20(18)27-26-19;1-26-8-10-27(11-9-26)17-4-2-3-16(13-17)23-21-19-18(15-6-12-28-14-15)5-7-22-20(19)24-25-21;1-26-5-7-27(8-6-26)14-10-16(19(21)23-11-14)18-17-15(13-3-9-28-12-13)2-4-22-20(17)25-24-18;1-2-15(12-16(3-1)25-7-9-26-10-8-25)22-20-18-17(14-5-11-27-13-14)4-6-21-19(18)23-24-20/h2-6,11-13H,7-10H2,1H3,(H,26,27,28);1-5,10-12H,6-9H2,(H,25,26,27);2-7,12-14H,8-11H2,1H3,(H2,22,23,24,25);2-4,9-12H,5-8H2,1H3,(H,22,24,25);1-6,11-13H,7-10H2,(H2,21,22,23,24). The summed E-state index contributed by atoms with van der Waals surface area (Å²) in [5.41, 5.74) is 22.7. The zero-order chi connectivity index (χ0) is 99.8. The number of benzene rings is 4. The van der Waals surface area contributed by atoms with Gasteiger partial charge in [-0.1, -0.05) is 12.1 Å². The molecule has 20 aromatic rings. The Kier molecular flexibility index (Phi) is 29.0. The Balaban J connectivity index is 0.000000107. The van der Waals surface area contributed by atoms with E-state index in [-0.39, 0.29) is 17.1 Å². The molecule has 0 aliphatic carbocycles. The first-order valence-electron chi connectivity index (χ1n) is 47.2. The molecule has 746 valence electrons. The van der Waals surface area contributed by atoms with Crippen molar-refractivity contribution in [2.75, 3.05) is 187 Å². The summed E-state index contributed by atoms with van der Waals surface area (Å²) < 4.78 is 113. The number of rotatable bonds is 19. The van der Waals surface area contributed by atoms with Gasteiger partial charge in [0.05, 0.1) is 87.9 Å². The summed E-state index contributed by atoms with van der Waals surface area (Å²) in [4.78, 5) is 43.9. The van der Waals surface area contributed by atoms with E-state index >= 15 is 0 Å². The molecule has 5 aliphatic rings.